The van der Waals surface area contributed by atoms with Crippen molar-refractivity contribution in [3.05, 3.63) is 30.1 Å². The lowest BCUT2D eigenvalue weighted by molar-refractivity contribution is -0.118. The number of hydrogen-bond donors (Lipinski definition) is 0. The first-order chi connectivity index (χ1) is 11.6. The van der Waals surface area contributed by atoms with Crippen LogP contribution in [-0.2, 0) is 4.79 Å². The number of nitrogens with zero attached hydrogens (tertiary/aromatic N) is 5. The molecular weight excluding hydrogens is 322 g/mol. The van der Waals surface area contributed by atoms with Crippen LogP contribution in [0.25, 0.3) is 0 Å². The molecule has 1 aliphatic heterocycles. The van der Waals surface area contributed by atoms with E-state index in [9.17, 15) is 4.79 Å². The molecule has 4 rings (SSSR count). The van der Waals surface area contributed by atoms with E-state index < -0.39 is 0 Å². The Kier molecular flexibility index (Phi) is 3.96. The summed E-state index contributed by atoms with van der Waals surface area (Å²) in [5.41, 5.74) is 0.777. The molecule has 6 nitrogen and oxygen atoms in total. The Morgan fingerprint density at radius 1 is 1.25 bits per heavy atom. The molecule has 1 aromatic heterocycles. The van der Waals surface area contributed by atoms with E-state index in [1.165, 1.54) is 12.8 Å². The molecule has 24 heavy (non-hydrogen) atoms. The zero-order valence-corrected chi connectivity index (χ0v) is 14.5. The van der Waals surface area contributed by atoms with Gasteiger partial charge >= 0.3 is 0 Å². The van der Waals surface area contributed by atoms with E-state index in [2.05, 4.69) is 38.6 Å². The summed E-state index contributed by atoms with van der Waals surface area (Å²) in [5, 5.41) is 9.60. The normalized spacial score (nSPS) is 22.6. The van der Waals surface area contributed by atoms with Crippen LogP contribution in [0.15, 0.2) is 39.4 Å². The van der Waals surface area contributed by atoms with Crippen LogP contribution in [0.4, 0.5) is 0 Å². The monoisotopic (exact) mass is 341 g/mol. The molecule has 0 radical (unpaired) electrons. The maximum absolute atomic E-state index is 12.1. The standard InChI is InChI=1S/C17H19N5OS/c1-10(2)15-20-21-17(22(15)11-7-8-11)24-9-14-18-13-6-4-3-5-12(13)16(23)19-14/h3-6,10-12H,7-9H2,1-2H3. The predicted octanol–water partition coefficient (Wildman–Crippen LogP) is 2.95. The van der Waals surface area contributed by atoms with Gasteiger partial charge in [-0.05, 0) is 18.9 Å². The van der Waals surface area contributed by atoms with Gasteiger partial charge in [-0.2, -0.15) is 4.99 Å². The van der Waals surface area contributed by atoms with Crippen LogP contribution in [-0.4, -0.2) is 38.0 Å². The molecule has 0 N–H and O–H groups in total. The van der Waals surface area contributed by atoms with Gasteiger partial charge in [0.15, 0.2) is 5.16 Å². The summed E-state index contributed by atoms with van der Waals surface area (Å²) in [6, 6.07) is 0.525. The Morgan fingerprint density at radius 3 is 2.83 bits per heavy atom. The van der Waals surface area contributed by atoms with Crippen LogP contribution < -0.4 is 0 Å². The summed E-state index contributed by atoms with van der Waals surface area (Å²) in [6.07, 6.45) is 9.86. The molecule has 1 amide bonds. The first-order valence-electron chi connectivity index (χ1n) is 8.26. The summed E-state index contributed by atoms with van der Waals surface area (Å²) < 4.78 is 2.25. The van der Waals surface area contributed by atoms with Crippen LogP contribution in [0.2, 0.25) is 0 Å². The molecule has 1 unspecified atom stereocenters. The molecule has 0 bridgehead atoms. The number of allylic oxidation sites excluding steroid dienone is 3. The number of rotatable bonds is 5. The van der Waals surface area contributed by atoms with Crippen LogP contribution in [0.5, 0.6) is 0 Å². The SMILES string of the molecule is CC(C)c1nnc(SCC2=NC(=O)C3C=CC=CC3=N2)n1C1CC1. The fourth-order valence-electron chi connectivity index (χ4n) is 2.87. The molecule has 0 aromatic carbocycles. The van der Waals surface area contributed by atoms with Crippen molar-refractivity contribution >= 4 is 29.2 Å². The van der Waals surface area contributed by atoms with Crippen molar-refractivity contribution in [3.8, 4) is 0 Å². The quantitative estimate of drug-likeness (QED) is 0.772. The van der Waals surface area contributed by atoms with Crippen molar-refractivity contribution in [2.75, 3.05) is 5.75 Å². The van der Waals surface area contributed by atoms with Crippen molar-refractivity contribution in [2.24, 2.45) is 15.9 Å². The third-order valence-corrected chi connectivity index (χ3v) is 5.15. The van der Waals surface area contributed by atoms with Crippen LogP contribution in [0.1, 0.15) is 44.5 Å². The van der Waals surface area contributed by atoms with Crippen molar-refractivity contribution in [1.29, 1.82) is 0 Å². The predicted molar refractivity (Wildman–Crippen MR) is 94.8 cm³/mol. The number of amides is 1. The van der Waals surface area contributed by atoms with Crippen molar-refractivity contribution in [2.45, 2.75) is 43.8 Å². The number of carbonyl (C=O) groups is 1. The summed E-state index contributed by atoms with van der Waals surface area (Å²) in [4.78, 5) is 20.8. The number of thioether (sulfide) groups is 1. The van der Waals surface area contributed by atoms with E-state index >= 15 is 0 Å². The summed E-state index contributed by atoms with van der Waals surface area (Å²) in [7, 11) is 0. The second-order valence-corrected chi connectivity index (χ2v) is 7.45. The number of aliphatic imine (C=N–C) groups is 2. The second-order valence-electron chi connectivity index (χ2n) is 6.51. The third kappa shape index (κ3) is 2.88. The molecule has 7 heteroatoms. The van der Waals surface area contributed by atoms with Gasteiger partial charge in [-0.25, -0.2) is 4.99 Å². The average molecular weight is 341 g/mol. The van der Waals surface area contributed by atoms with E-state index in [1.54, 1.807) is 11.8 Å². The van der Waals surface area contributed by atoms with E-state index in [-0.39, 0.29) is 11.8 Å². The first kappa shape index (κ1) is 15.5. The van der Waals surface area contributed by atoms with Gasteiger partial charge in [0, 0.05) is 12.0 Å². The summed E-state index contributed by atoms with van der Waals surface area (Å²) in [6.45, 7) is 4.27. The van der Waals surface area contributed by atoms with E-state index in [0.29, 0.717) is 23.5 Å². The lowest BCUT2D eigenvalue weighted by atomic mass is 9.97. The highest BCUT2D eigenvalue weighted by molar-refractivity contribution is 7.99. The fourth-order valence-corrected chi connectivity index (χ4v) is 3.74. The lowest BCUT2D eigenvalue weighted by Crippen LogP contribution is -2.27. The topological polar surface area (TPSA) is 72.5 Å². The van der Waals surface area contributed by atoms with Gasteiger partial charge in [0.05, 0.1) is 11.5 Å². The van der Waals surface area contributed by atoms with E-state index in [0.717, 1.165) is 16.7 Å². The molecule has 1 aromatic rings. The Morgan fingerprint density at radius 2 is 2.08 bits per heavy atom. The number of hydrogen-bond acceptors (Lipinski definition) is 5. The maximum Gasteiger partial charge on any atom is 0.260 e. The number of amidine groups is 1. The highest BCUT2D eigenvalue weighted by atomic mass is 32.2. The average Bonchev–Trinajstić information content (AvgIpc) is 3.32. The van der Waals surface area contributed by atoms with Crippen LogP contribution >= 0.6 is 11.8 Å². The minimum atomic E-state index is -0.314. The van der Waals surface area contributed by atoms with Crippen molar-refractivity contribution in [3.63, 3.8) is 0 Å². The molecule has 2 aliphatic carbocycles. The highest BCUT2D eigenvalue weighted by Gasteiger charge is 2.31. The van der Waals surface area contributed by atoms with Gasteiger partial charge in [-0.3, -0.25) is 4.79 Å². The van der Waals surface area contributed by atoms with Gasteiger partial charge in [0.25, 0.3) is 5.91 Å². The minimum absolute atomic E-state index is 0.136. The molecule has 124 valence electrons. The van der Waals surface area contributed by atoms with Gasteiger partial charge in [-0.15, -0.1) is 10.2 Å². The van der Waals surface area contributed by atoms with Crippen molar-refractivity contribution < 1.29 is 4.79 Å². The zero-order valence-electron chi connectivity index (χ0n) is 13.7. The number of aromatic nitrogens is 3. The molecule has 1 fully saturated rings. The summed E-state index contributed by atoms with van der Waals surface area (Å²) >= 11 is 1.56. The summed E-state index contributed by atoms with van der Waals surface area (Å²) in [5.74, 6) is 2.03. The van der Waals surface area contributed by atoms with Crippen LogP contribution in [0, 0.1) is 5.92 Å². The van der Waals surface area contributed by atoms with Gasteiger partial charge in [-0.1, -0.05) is 43.8 Å². The zero-order chi connectivity index (χ0) is 16.7. The molecule has 0 spiro atoms. The third-order valence-electron chi connectivity index (χ3n) is 4.21. The maximum atomic E-state index is 12.1. The van der Waals surface area contributed by atoms with Crippen LogP contribution in [0.3, 0.4) is 0 Å². The van der Waals surface area contributed by atoms with E-state index in [4.69, 9.17) is 0 Å². The Balaban J connectivity index is 1.52. The largest absolute Gasteiger partial charge is 0.303 e. The Hall–Kier alpha value is -2.02. The van der Waals surface area contributed by atoms with Gasteiger partial charge in [0.1, 0.15) is 17.6 Å². The van der Waals surface area contributed by atoms with Gasteiger partial charge in [0.2, 0.25) is 0 Å². The first-order valence-corrected chi connectivity index (χ1v) is 9.24. The number of fused-ring (bicyclic) bond motifs is 1. The van der Waals surface area contributed by atoms with E-state index in [1.807, 2.05) is 24.3 Å². The smallest absolute Gasteiger partial charge is 0.260 e. The lowest BCUT2D eigenvalue weighted by Gasteiger charge is -2.17. The van der Waals surface area contributed by atoms with Crippen molar-refractivity contribution in [1.82, 2.24) is 14.8 Å². The molecule has 0 saturated heterocycles. The molecule has 3 aliphatic rings. The Labute approximate surface area is 144 Å². The molecule has 1 atom stereocenters. The molecule has 2 heterocycles. The van der Waals surface area contributed by atoms with Gasteiger partial charge < -0.3 is 4.57 Å². The second kappa shape index (κ2) is 6.12. The minimum Gasteiger partial charge on any atom is -0.303 e. The fraction of sp³-hybridized carbons (Fsp3) is 0.471. The Bertz CT molecular complexity index is 798. The number of carbonyl (C=O) groups excluding carboxylic acids is 1. The highest BCUT2D eigenvalue weighted by Crippen LogP contribution is 2.40. The molecular formula is C17H19N5OS. The molecule has 1 saturated carbocycles.